The predicted molar refractivity (Wildman–Crippen MR) is 97.1 cm³/mol. The second kappa shape index (κ2) is 10.2. The van der Waals surface area contributed by atoms with E-state index >= 15 is 0 Å². The normalized spacial score (nSPS) is 16.4. The molecule has 2 amide bonds. The van der Waals surface area contributed by atoms with Gasteiger partial charge in [-0.15, -0.1) is 0 Å². The maximum Gasteiger partial charge on any atom is 0.254 e. The lowest BCUT2D eigenvalue weighted by Gasteiger charge is -2.22. The fourth-order valence-electron chi connectivity index (χ4n) is 3.20. The Balaban J connectivity index is 1.81. The van der Waals surface area contributed by atoms with Gasteiger partial charge in [0, 0.05) is 24.8 Å². The van der Waals surface area contributed by atoms with Crippen LogP contribution in [0.4, 0.5) is 0 Å². The van der Waals surface area contributed by atoms with Crippen molar-refractivity contribution in [2.24, 2.45) is 5.73 Å². The maximum atomic E-state index is 12.3. The highest BCUT2D eigenvalue weighted by atomic mass is 16.2. The standard InChI is InChI=1S/C18H31N5O2/c1-2-3-7-16(10-19)22-18(25)14-11-20-23(12-14)13-17(24)21-15-8-5-4-6-9-15/h11-12,15-16H,2-10,13,19H2,1H3,(H,21,24)(H,22,25). The number of nitrogens with one attached hydrogen (secondary N) is 2. The molecule has 1 aliphatic rings. The van der Waals surface area contributed by atoms with E-state index in [1.807, 2.05) is 0 Å². The number of hydrogen-bond donors (Lipinski definition) is 3. The lowest BCUT2D eigenvalue weighted by molar-refractivity contribution is -0.122. The molecule has 2 rings (SSSR count). The monoisotopic (exact) mass is 349 g/mol. The van der Waals surface area contributed by atoms with Crippen molar-refractivity contribution in [2.45, 2.75) is 76.9 Å². The molecule has 25 heavy (non-hydrogen) atoms. The lowest BCUT2D eigenvalue weighted by Crippen LogP contribution is -2.40. The second-order valence-electron chi connectivity index (χ2n) is 6.88. The van der Waals surface area contributed by atoms with E-state index in [0.29, 0.717) is 12.1 Å². The largest absolute Gasteiger partial charge is 0.352 e. The van der Waals surface area contributed by atoms with Crippen LogP contribution in [0.5, 0.6) is 0 Å². The number of rotatable bonds is 9. The molecule has 1 heterocycles. The molecule has 0 aliphatic heterocycles. The summed E-state index contributed by atoms with van der Waals surface area (Å²) < 4.78 is 1.51. The summed E-state index contributed by atoms with van der Waals surface area (Å²) >= 11 is 0. The summed E-state index contributed by atoms with van der Waals surface area (Å²) in [6.45, 7) is 2.67. The van der Waals surface area contributed by atoms with Crippen LogP contribution >= 0.6 is 0 Å². The van der Waals surface area contributed by atoms with Crippen LogP contribution in [-0.4, -0.2) is 40.2 Å². The maximum absolute atomic E-state index is 12.3. The zero-order chi connectivity index (χ0) is 18.1. The average molecular weight is 349 g/mol. The minimum Gasteiger partial charge on any atom is -0.352 e. The van der Waals surface area contributed by atoms with Crippen LogP contribution < -0.4 is 16.4 Å². The smallest absolute Gasteiger partial charge is 0.254 e. The lowest BCUT2D eigenvalue weighted by atomic mass is 9.95. The van der Waals surface area contributed by atoms with Crippen LogP contribution in [0, 0.1) is 0 Å². The number of nitrogens with zero attached hydrogens (tertiary/aromatic N) is 2. The summed E-state index contributed by atoms with van der Waals surface area (Å²) in [5.41, 5.74) is 6.17. The highest BCUT2D eigenvalue weighted by Crippen LogP contribution is 2.17. The van der Waals surface area contributed by atoms with Crippen LogP contribution in [0.25, 0.3) is 0 Å². The molecule has 1 aromatic heterocycles. The molecule has 1 fully saturated rings. The Kier molecular flexibility index (Phi) is 7.91. The Bertz CT molecular complexity index is 551. The number of unbranched alkanes of at least 4 members (excludes halogenated alkanes) is 1. The zero-order valence-electron chi connectivity index (χ0n) is 15.2. The molecule has 1 unspecified atom stereocenters. The minimum absolute atomic E-state index is 0.0228. The molecular weight excluding hydrogens is 318 g/mol. The van der Waals surface area contributed by atoms with Crippen LogP contribution in [0.3, 0.4) is 0 Å². The molecule has 0 radical (unpaired) electrons. The molecule has 4 N–H and O–H groups in total. The Morgan fingerprint density at radius 2 is 2.12 bits per heavy atom. The third kappa shape index (κ3) is 6.49. The highest BCUT2D eigenvalue weighted by molar-refractivity contribution is 5.94. The van der Waals surface area contributed by atoms with Gasteiger partial charge in [0.1, 0.15) is 6.54 Å². The van der Waals surface area contributed by atoms with E-state index in [1.165, 1.54) is 30.1 Å². The Morgan fingerprint density at radius 3 is 2.80 bits per heavy atom. The predicted octanol–water partition coefficient (Wildman–Crippen LogP) is 1.58. The summed E-state index contributed by atoms with van der Waals surface area (Å²) in [4.78, 5) is 24.4. The van der Waals surface area contributed by atoms with Gasteiger partial charge in [-0.25, -0.2) is 0 Å². The van der Waals surface area contributed by atoms with Crippen molar-refractivity contribution in [3.63, 3.8) is 0 Å². The van der Waals surface area contributed by atoms with Crippen LogP contribution in [0.15, 0.2) is 12.4 Å². The molecule has 0 saturated heterocycles. The van der Waals surface area contributed by atoms with Gasteiger partial charge < -0.3 is 16.4 Å². The zero-order valence-corrected chi connectivity index (χ0v) is 15.2. The first kappa shape index (κ1) is 19.4. The van der Waals surface area contributed by atoms with Crippen molar-refractivity contribution in [2.75, 3.05) is 6.54 Å². The van der Waals surface area contributed by atoms with Gasteiger partial charge in [0.15, 0.2) is 0 Å². The molecule has 7 heteroatoms. The van der Waals surface area contributed by atoms with E-state index < -0.39 is 0 Å². The SMILES string of the molecule is CCCCC(CN)NC(=O)c1cnn(CC(=O)NC2CCCCC2)c1. The molecule has 1 atom stereocenters. The summed E-state index contributed by atoms with van der Waals surface area (Å²) in [5.74, 6) is -0.241. The first-order chi connectivity index (χ1) is 12.1. The van der Waals surface area contributed by atoms with Gasteiger partial charge in [-0.1, -0.05) is 39.0 Å². The van der Waals surface area contributed by atoms with Gasteiger partial charge in [0.2, 0.25) is 5.91 Å². The van der Waals surface area contributed by atoms with Gasteiger partial charge in [-0.2, -0.15) is 5.10 Å². The molecule has 1 saturated carbocycles. The molecule has 0 spiro atoms. The number of carbonyl (C=O) groups excluding carboxylic acids is 2. The van der Waals surface area contributed by atoms with E-state index in [9.17, 15) is 9.59 Å². The fourth-order valence-corrected chi connectivity index (χ4v) is 3.20. The number of amides is 2. The Morgan fingerprint density at radius 1 is 1.36 bits per heavy atom. The van der Waals surface area contributed by atoms with Gasteiger partial charge in [-0.3, -0.25) is 14.3 Å². The highest BCUT2D eigenvalue weighted by Gasteiger charge is 2.17. The minimum atomic E-state index is -0.189. The summed E-state index contributed by atoms with van der Waals surface area (Å²) in [5, 5.41) is 10.1. The first-order valence-corrected chi connectivity index (χ1v) is 9.45. The van der Waals surface area contributed by atoms with Crippen molar-refractivity contribution in [1.82, 2.24) is 20.4 Å². The Hall–Kier alpha value is -1.89. The number of hydrogen-bond acceptors (Lipinski definition) is 4. The van der Waals surface area contributed by atoms with E-state index in [-0.39, 0.29) is 30.4 Å². The average Bonchev–Trinajstić information content (AvgIpc) is 3.07. The Labute approximate surface area is 149 Å². The van der Waals surface area contributed by atoms with Crippen molar-refractivity contribution in [3.8, 4) is 0 Å². The number of aromatic nitrogens is 2. The molecular formula is C18H31N5O2. The molecule has 0 bridgehead atoms. The van der Waals surface area contributed by atoms with Gasteiger partial charge in [-0.05, 0) is 19.3 Å². The summed E-state index contributed by atoms with van der Waals surface area (Å²) in [6.07, 6.45) is 11.8. The third-order valence-electron chi connectivity index (χ3n) is 4.70. The molecule has 7 nitrogen and oxygen atoms in total. The second-order valence-corrected chi connectivity index (χ2v) is 6.88. The quantitative estimate of drug-likeness (QED) is 0.630. The van der Waals surface area contributed by atoms with Crippen molar-refractivity contribution in [3.05, 3.63) is 18.0 Å². The van der Waals surface area contributed by atoms with Crippen molar-refractivity contribution >= 4 is 11.8 Å². The van der Waals surface area contributed by atoms with E-state index in [4.69, 9.17) is 5.73 Å². The van der Waals surface area contributed by atoms with Crippen molar-refractivity contribution in [1.29, 1.82) is 0 Å². The topological polar surface area (TPSA) is 102 Å². The molecule has 1 aromatic rings. The first-order valence-electron chi connectivity index (χ1n) is 9.45. The van der Waals surface area contributed by atoms with Gasteiger partial charge >= 0.3 is 0 Å². The fraction of sp³-hybridized carbons (Fsp3) is 0.722. The van der Waals surface area contributed by atoms with Crippen LogP contribution in [0.1, 0.15) is 68.6 Å². The van der Waals surface area contributed by atoms with E-state index in [0.717, 1.165) is 32.1 Å². The molecule has 140 valence electrons. The number of carbonyl (C=O) groups is 2. The van der Waals surface area contributed by atoms with E-state index in [2.05, 4.69) is 22.7 Å². The van der Waals surface area contributed by atoms with Crippen molar-refractivity contribution < 1.29 is 9.59 Å². The summed E-state index contributed by atoms with van der Waals surface area (Å²) in [7, 11) is 0. The van der Waals surface area contributed by atoms with Gasteiger partial charge in [0.25, 0.3) is 5.91 Å². The number of nitrogens with two attached hydrogens (primary N) is 1. The van der Waals surface area contributed by atoms with Crippen LogP contribution in [0.2, 0.25) is 0 Å². The third-order valence-corrected chi connectivity index (χ3v) is 4.70. The summed E-state index contributed by atoms with van der Waals surface area (Å²) in [6, 6.07) is 0.258. The molecule has 1 aliphatic carbocycles. The van der Waals surface area contributed by atoms with Crippen LogP contribution in [-0.2, 0) is 11.3 Å². The van der Waals surface area contributed by atoms with E-state index in [1.54, 1.807) is 6.20 Å². The molecule has 0 aromatic carbocycles. The van der Waals surface area contributed by atoms with Gasteiger partial charge in [0.05, 0.1) is 11.8 Å².